The summed E-state index contributed by atoms with van der Waals surface area (Å²) in [6, 6.07) is 24.4. The van der Waals surface area contributed by atoms with Gasteiger partial charge < -0.3 is 9.72 Å². The molecule has 0 bridgehead atoms. The van der Waals surface area contributed by atoms with Crippen LogP contribution in [0.4, 0.5) is 0 Å². The highest BCUT2D eigenvalue weighted by Gasteiger charge is 2.33. The fourth-order valence-corrected chi connectivity index (χ4v) is 6.10. The number of tetrazole rings is 1. The molecule has 1 fully saturated rings. The van der Waals surface area contributed by atoms with E-state index in [1.807, 2.05) is 41.9 Å². The number of rotatable bonds is 9. The number of hydrogen-bond acceptors (Lipinski definition) is 6. The van der Waals surface area contributed by atoms with Crippen LogP contribution in [0.5, 0.6) is 5.75 Å². The monoisotopic (exact) mass is 548 g/mol. The molecule has 6 rings (SSSR count). The fourth-order valence-electron chi connectivity index (χ4n) is 6.10. The molecule has 0 amide bonds. The minimum atomic E-state index is -0.471. The Morgan fingerprint density at radius 3 is 2.34 bits per heavy atom. The van der Waals surface area contributed by atoms with Gasteiger partial charge in [0.05, 0.1) is 18.7 Å². The number of nitrogens with zero attached hydrogens (tertiary/aromatic N) is 5. The van der Waals surface area contributed by atoms with E-state index in [0.717, 1.165) is 64.6 Å². The van der Waals surface area contributed by atoms with Crippen LogP contribution in [-0.2, 0) is 13.1 Å². The van der Waals surface area contributed by atoms with Crippen LogP contribution in [0.15, 0.2) is 77.6 Å². The minimum Gasteiger partial charge on any atom is -0.497 e. The number of ether oxygens (including phenoxy) is 1. The lowest BCUT2D eigenvalue weighted by atomic mass is 9.98. The lowest BCUT2D eigenvalue weighted by Gasteiger charge is -2.32. The second kappa shape index (κ2) is 11.7. The molecule has 210 valence electrons. The molecule has 1 aliphatic rings. The molecule has 0 aliphatic heterocycles. The van der Waals surface area contributed by atoms with Crippen LogP contribution in [0.25, 0.3) is 10.9 Å². The van der Waals surface area contributed by atoms with Crippen molar-refractivity contribution in [2.75, 3.05) is 7.11 Å². The number of pyridine rings is 1. The van der Waals surface area contributed by atoms with Gasteiger partial charge >= 0.3 is 0 Å². The van der Waals surface area contributed by atoms with Crippen molar-refractivity contribution in [2.45, 2.75) is 64.7 Å². The van der Waals surface area contributed by atoms with Crippen molar-refractivity contribution in [2.24, 2.45) is 0 Å². The van der Waals surface area contributed by atoms with Crippen LogP contribution >= 0.6 is 0 Å². The molecule has 1 atom stereocenters. The van der Waals surface area contributed by atoms with Crippen LogP contribution < -0.4 is 10.3 Å². The number of aromatic nitrogens is 5. The van der Waals surface area contributed by atoms with Gasteiger partial charge in [0.25, 0.3) is 5.56 Å². The van der Waals surface area contributed by atoms with Gasteiger partial charge in [0.2, 0.25) is 0 Å². The maximum absolute atomic E-state index is 14.0. The van der Waals surface area contributed by atoms with Gasteiger partial charge in [0.1, 0.15) is 11.8 Å². The smallest absolute Gasteiger partial charge is 0.253 e. The Morgan fingerprint density at radius 1 is 0.951 bits per heavy atom. The second-order valence-corrected chi connectivity index (χ2v) is 11.1. The first-order valence-electron chi connectivity index (χ1n) is 14.3. The highest BCUT2D eigenvalue weighted by molar-refractivity contribution is 5.85. The Balaban J connectivity index is 1.55. The lowest BCUT2D eigenvalue weighted by molar-refractivity contribution is 0.190. The predicted octanol–water partition coefficient (Wildman–Crippen LogP) is 6.05. The van der Waals surface area contributed by atoms with E-state index in [2.05, 4.69) is 74.8 Å². The molecule has 1 N–H and O–H groups in total. The average molecular weight is 549 g/mol. The van der Waals surface area contributed by atoms with Gasteiger partial charge in [0, 0.05) is 24.0 Å². The van der Waals surface area contributed by atoms with E-state index in [1.165, 1.54) is 0 Å². The largest absolute Gasteiger partial charge is 0.497 e. The third-order valence-electron chi connectivity index (χ3n) is 8.34. The van der Waals surface area contributed by atoms with Gasteiger partial charge in [0.15, 0.2) is 5.82 Å². The van der Waals surface area contributed by atoms with Crippen molar-refractivity contribution < 1.29 is 4.74 Å². The van der Waals surface area contributed by atoms with E-state index in [0.29, 0.717) is 24.5 Å². The SMILES string of the molecule is COc1ccc(CN(Cc2ccccc2)[C@H](c2cc3c(C)ccc(C)c3[nH]c2=O)c2nnnn2C2CCCC2)cc1. The van der Waals surface area contributed by atoms with E-state index < -0.39 is 6.04 Å². The normalized spacial score (nSPS) is 14.6. The Bertz CT molecular complexity index is 1690. The molecular formula is C33H36N6O2. The quantitative estimate of drug-likeness (QED) is 0.241. The Hall–Kier alpha value is -4.30. The van der Waals surface area contributed by atoms with Crippen molar-refractivity contribution in [3.05, 3.63) is 117 Å². The van der Waals surface area contributed by atoms with Crippen LogP contribution in [0, 0.1) is 13.8 Å². The first-order valence-corrected chi connectivity index (χ1v) is 14.3. The molecule has 0 radical (unpaired) electrons. The number of nitrogens with one attached hydrogen (secondary N) is 1. The average Bonchev–Trinajstić information content (AvgIpc) is 3.69. The highest BCUT2D eigenvalue weighted by Crippen LogP contribution is 2.35. The van der Waals surface area contributed by atoms with Crippen molar-refractivity contribution in [1.29, 1.82) is 0 Å². The van der Waals surface area contributed by atoms with Crippen molar-refractivity contribution >= 4 is 10.9 Å². The van der Waals surface area contributed by atoms with E-state index in [1.54, 1.807) is 7.11 Å². The van der Waals surface area contributed by atoms with E-state index >= 15 is 0 Å². The van der Waals surface area contributed by atoms with Crippen molar-refractivity contribution in [1.82, 2.24) is 30.1 Å². The zero-order valence-electron chi connectivity index (χ0n) is 23.9. The number of fused-ring (bicyclic) bond motifs is 1. The Labute approximate surface area is 240 Å². The highest BCUT2D eigenvalue weighted by atomic mass is 16.5. The Kier molecular flexibility index (Phi) is 7.65. The number of aromatic amines is 1. The van der Waals surface area contributed by atoms with Crippen molar-refractivity contribution in [3.63, 3.8) is 0 Å². The third-order valence-corrected chi connectivity index (χ3v) is 8.34. The van der Waals surface area contributed by atoms with Crippen molar-refractivity contribution in [3.8, 4) is 5.75 Å². The van der Waals surface area contributed by atoms with Gasteiger partial charge in [-0.15, -0.1) is 5.10 Å². The summed E-state index contributed by atoms with van der Waals surface area (Å²) < 4.78 is 7.39. The Morgan fingerprint density at radius 2 is 1.63 bits per heavy atom. The van der Waals surface area contributed by atoms with Crippen LogP contribution in [0.3, 0.4) is 0 Å². The topological polar surface area (TPSA) is 88.9 Å². The van der Waals surface area contributed by atoms with E-state index in [9.17, 15) is 4.79 Å². The van der Waals surface area contributed by atoms with E-state index in [-0.39, 0.29) is 11.6 Å². The molecular weight excluding hydrogens is 512 g/mol. The summed E-state index contributed by atoms with van der Waals surface area (Å²) in [5.41, 5.74) is 5.81. The lowest BCUT2D eigenvalue weighted by Crippen LogP contribution is -2.35. The van der Waals surface area contributed by atoms with Crippen LogP contribution in [0.2, 0.25) is 0 Å². The standard InChI is InChI=1S/C33H36N6O2/c1-22-13-14-23(2)30-28(22)19-29(33(40)34-30)31(32-35-36-37-39(32)26-11-7-8-12-26)38(20-24-9-5-4-6-10-24)21-25-15-17-27(41-3)18-16-25/h4-6,9-10,13-19,26,31H,7-8,11-12,20-21H2,1-3H3,(H,34,40)/t31-/m1/s1. The van der Waals surface area contributed by atoms with E-state index in [4.69, 9.17) is 4.74 Å². The number of H-pyrrole nitrogens is 1. The number of hydrogen-bond donors (Lipinski definition) is 1. The summed E-state index contributed by atoms with van der Waals surface area (Å²) >= 11 is 0. The molecule has 8 heteroatoms. The van der Waals surface area contributed by atoms with Gasteiger partial charge in [-0.1, -0.05) is 67.4 Å². The molecule has 1 aliphatic carbocycles. The molecule has 2 heterocycles. The summed E-state index contributed by atoms with van der Waals surface area (Å²) in [7, 11) is 1.67. The third kappa shape index (κ3) is 5.52. The summed E-state index contributed by atoms with van der Waals surface area (Å²) in [5.74, 6) is 1.51. The summed E-state index contributed by atoms with van der Waals surface area (Å²) in [5, 5.41) is 14.3. The fraction of sp³-hybridized carbons (Fsp3) is 0.333. The van der Waals surface area contributed by atoms with Gasteiger partial charge in [-0.2, -0.15) is 0 Å². The number of benzene rings is 3. The summed E-state index contributed by atoms with van der Waals surface area (Å²) in [4.78, 5) is 19.5. The molecule has 8 nitrogen and oxygen atoms in total. The number of aryl methyl sites for hydroxylation is 2. The predicted molar refractivity (Wildman–Crippen MR) is 160 cm³/mol. The summed E-state index contributed by atoms with van der Waals surface area (Å²) in [6.45, 7) is 5.31. The zero-order valence-corrected chi connectivity index (χ0v) is 23.9. The molecule has 1 saturated carbocycles. The van der Waals surface area contributed by atoms with Crippen LogP contribution in [-0.4, -0.2) is 37.2 Å². The van der Waals surface area contributed by atoms with Gasteiger partial charge in [-0.05, 0) is 77.6 Å². The molecule has 41 heavy (non-hydrogen) atoms. The minimum absolute atomic E-state index is 0.120. The first-order chi connectivity index (χ1) is 20.0. The van der Waals surface area contributed by atoms with Gasteiger partial charge in [-0.3, -0.25) is 9.69 Å². The summed E-state index contributed by atoms with van der Waals surface area (Å²) in [6.07, 6.45) is 4.38. The molecule has 0 unspecified atom stereocenters. The van der Waals surface area contributed by atoms with Gasteiger partial charge in [-0.25, -0.2) is 4.68 Å². The molecule has 0 spiro atoms. The maximum Gasteiger partial charge on any atom is 0.253 e. The second-order valence-electron chi connectivity index (χ2n) is 11.1. The molecule has 2 aromatic heterocycles. The van der Waals surface area contributed by atoms with Crippen LogP contribution in [0.1, 0.15) is 71.4 Å². The molecule has 5 aromatic rings. The maximum atomic E-state index is 14.0. The number of methoxy groups -OCH3 is 1. The molecule has 0 saturated heterocycles. The first kappa shape index (κ1) is 26.9. The zero-order chi connectivity index (χ0) is 28.3. The molecule has 3 aromatic carbocycles.